The zero-order chi connectivity index (χ0) is 11.8. The van der Waals surface area contributed by atoms with Gasteiger partial charge in [0, 0.05) is 17.5 Å². The van der Waals surface area contributed by atoms with Gasteiger partial charge in [-0.15, -0.1) is 0 Å². The average molecular weight is 244 g/mol. The van der Waals surface area contributed by atoms with Crippen molar-refractivity contribution in [2.45, 2.75) is 24.7 Å². The van der Waals surface area contributed by atoms with Gasteiger partial charge in [0.25, 0.3) is 0 Å². The van der Waals surface area contributed by atoms with Gasteiger partial charge in [-0.3, -0.25) is 0 Å². The molecule has 0 spiro atoms. The average Bonchev–Trinajstić information content (AvgIpc) is 2.23. The molecule has 1 fully saturated rings. The summed E-state index contributed by atoms with van der Waals surface area (Å²) in [6.07, 6.45) is 3.18. The number of methoxy groups -OCH3 is 1. The van der Waals surface area contributed by atoms with E-state index in [0.29, 0.717) is 12.3 Å². The van der Waals surface area contributed by atoms with E-state index in [1.807, 2.05) is 0 Å². The van der Waals surface area contributed by atoms with Crippen molar-refractivity contribution in [2.24, 2.45) is 5.73 Å². The molecule has 2 N–H and O–H groups in total. The fourth-order valence-corrected chi connectivity index (χ4v) is 2.58. The summed E-state index contributed by atoms with van der Waals surface area (Å²) in [6, 6.07) is 3.13. The molecule has 0 amide bonds. The molecule has 0 aliphatic heterocycles. The SMILES string of the molecule is COc1c(C2(CN)CCC2)ccc(F)c1Cl. The summed E-state index contributed by atoms with van der Waals surface area (Å²) >= 11 is 5.90. The number of halogens is 2. The Morgan fingerprint density at radius 1 is 1.50 bits per heavy atom. The van der Waals surface area contributed by atoms with Crippen LogP contribution in [0.1, 0.15) is 24.8 Å². The first-order chi connectivity index (χ1) is 7.64. The van der Waals surface area contributed by atoms with Gasteiger partial charge in [-0.1, -0.05) is 24.1 Å². The van der Waals surface area contributed by atoms with Crippen LogP contribution in [0.5, 0.6) is 5.75 Å². The van der Waals surface area contributed by atoms with Crippen molar-refractivity contribution in [3.63, 3.8) is 0 Å². The van der Waals surface area contributed by atoms with Crippen LogP contribution < -0.4 is 10.5 Å². The van der Waals surface area contributed by atoms with Gasteiger partial charge in [-0.05, 0) is 18.9 Å². The van der Waals surface area contributed by atoms with Gasteiger partial charge >= 0.3 is 0 Å². The second kappa shape index (κ2) is 4.22. The summed E-state index contributed by atoms with van der Waals surface area (Å²) < 4.78 is 18.5. The van der Waals surface area contributed by atoms with E-state index in [-0.39, 0.29) is 10.4 Å². The van der Waals surface area contributed by atoms with Crippen molar-refractivity contribution in [1.29, 1.82) is 0 Å². The van der Waals surface area contributed by atoms with E-state index in [4.69, 9.17) is 22.1 Å². The van der Waals surface area contributed by atoms with Gasteiger partial charge in [0.15, 0.2) is 0 Å². The minimum Gasteiger partial charge on any atom is -0.495 e. The number of ether oxygens (including phenoxy) is 1. The zero-order valence-electron chi connectivity index (χ0n) is 9.22. The molecular formula is C12H15ClFNO. The van der Waals surface area contributed by atoms with Crippen LogP contribution in [-0.4, -0.2) is 13.7 Å². The first-order valence-electron chi connectivity index (χ1n) is 5.37. The molecule has 1 saturated carbocycles. The normalized spacial score (nSPS) is 18.0. The van der Waals surface area contributed by atoms with E-state index in [1.54, 1.807) is 6.07 Å². The van der Waals surface area contributed by atoms with Crippen LogP contribution in [-0.2, 0) is 5.41 Å². The Morgan fingerprint density at radius 2 is 2.19 bits per heavy atom. The molecule has 0 atom stereocenters. The van der Waals surface area contributed by atoms with Gasteiger partial charge in [-0.2, -0.15) is 0 Å². The lowest BCUT2D eigenvalue weighted by Gasteiger charge is -2.42. The fraction of sp³-hybridized carbons (Fsp3) is 0.500. The summed E-state index contributed by atoms with van der Waals surface area (Å²) in [4.78, 5) is 0. The maximum Gasteiger partial charge on any atom is 0.145 e. The largest absolute Gasteiger partial charge is 0.495 e. The molecule has 0 bridgehead atoms. The Labute approximate surface area is 99.5 Å². The fourth-order valence-electron chi connectivity index (χ4n) is 2.34. The van der Waals surface area contributed by atoms with Crippen molar-refractivity contribution in [2.75, 3.05) is 13.7 Å². The number of hydrogen-bond donors (Lipinski definition) is 1. The van der Waals surface area contributed by atoms with Crippen molar-refractivity contribution in [3.8, 4) is 5.75 Å². The molecule has 1 aromatic carbocycles. The summed E-state index contributed by atoms with van der Waals surface area (Å²) in [5.74, 6) is -0.0134. The van der Waals surface area contributed by atoms with Crippen molar-refractivity contribution >= 4 is 11.6 Å². The minimum atomic E-state index is -0.450. The van der Waals surface area contributed by atoms with Crippen LogP contribution in [0.4, 0.5) is 4.39 Å². The quantitative estimate of drug-likeness (QED) is 0.886. The predicted molar refractivity (Wildman–Crippen MR) is 62.5 cm³/mol. The highest BCUT2D eigenvalue weighted by molar-refractivity contribution is 6.32. The Kier molecular flexibility index (Phi) is 3.08. The van der Waals surface area contributed by atoms with Gasteiger partial charge in [0.2, 0.25) is 0 Å². The second-order valence-electron chi connectivity index (χ2n) is 4.28. The monoisotopic (exact) mass is 243 g/mol. The Hall–Kier alpha value is -0.800. The van der Waals surface area contributed by atoms with E-state index in [0.717, 1.165) is 24.8 Å². The molecule has 1 aliphatic carbocycles. The highest BCUT2D eigenvalue weighted by Crippen LogP contribution is 2.48. The lowest BCUT2D eigenvalue weighted by Crippen LogP contribution is -2.41. The molecule has 0 unspecified atom stereocenters. The smallest absolute Gasteiger partial charge is 0.145 e. The van der Waals surface area contributed by atoms with Gasteiger partial charge in [-0.25, -0.2) is 4.39 Å². The van der Waals surface area contributed by atoms with Crippen molar-refractivity contribution in [3.05, 3.63) is 28.5 Å². The molecule has 88 valence electrons. The first kappa shape index (κ1) is 11.7. The summed E-state index contributed by atoms with van der Waals surface area (Å²) in [5.41, 5.74) is 6.69. The lowest BCUT2D eigenvalue weighted by molar-refractivity contribution is 0.243. The van der Waals surface area contributed by atoms with E-state index >= 15 is 0 Å². The summed E-state index contributed by atoms with van der Waals surface area (Å²) in [7, 11) is 1.51. The van der Waals surface area contributed by atoms with Crippen LogP contribution in [0.25, 0.3) is 0 Å². The number of rotatable bonds is 3. The van der Waals surface area contributed by atoms with Gasteiger partial charge < -0.3 is 10.5 Å². The molecule has 4 heteroatoms. The molecule has 0 aromatic heterocycles. The van der Waals surface area contributed by atoms with Gasteiger partial charge in [0.05, 0.1) is 7.11 Å². The molecule has 2 rings (SSSR count). The maximum atomic E-state index is 13.3. The van der Waals surface area contributed by atoms with E-state index in [1.165, 1.54) is 13.2 Å². The molecule has 1 aromatic rings. The summed E-state index contributed by atoms with van der Waals surface area (Å²) in [6.45, 7) is 0.547. The van der Waals surface area contributed by atoms with E-state index in [9.17, 15) is 4.39 Å². The van der Waals surface area contributed by atoms with Crippen molar-refractivity contribution < 1.29 is 9.13 Å². The topological polar surface area (TPSA) is 35.2 Å². The molecule has 0 radical (unpaired) electrons. The number of benzene rings is 1. The standard InChI is InChI=1S/C12H15ClFNO/c1-16-11-8(3-4-9(14)10(11)13)12(7-15)5-2-6-12/h3-4H,2,5-7,15H2,1H3. The minimum absolute atomic E-state index is 0.0553. The molecule has 1 aliphatic rings. The van der Waals surface area contributed by atoms with Crippen molar-refractivity contribution in [1.82, 2.24) is 0 Å². The predicted octanol–water partition coefficient (Wildman–Crippen LogP) is 2.87. The highest BCUT2D eigenvalue weighted by atomic mass is 35.5. The third-order valence-electron chi connectivity index (χ3n) is 3.53. The third kappa shape index (κ3) is 1.59. The van der Waals surface area contributed by atoms with E-state index < -0.39 is 5.82 Å². The Morgan fingerprint density at radius 3 is 2.62 bits per heavy atom. The summed E-state index contributed by atoms with van der Waals surface area (Å²) in [5, 5.41) is 0.0553. The molecule has 0 saturated heterocycles. The molecule has 2 nitrogen and oxygen atoms in total. The van der Waals surface area contributed by atoms with Crippen LogP contribution in [0, 0.1) is 5.82 Å². The number of hydrogen-bond acceptors (Lipinski definition) is 2. The van der Waals surface area contributed by atoms with Crippen LogP contribution in [0.3, 0.4) is 0 Å². The van der Waals surface area contributed by atoms with Crippen LogP contribution in [0.2, 0.25) is 5.02 Å². The Bertz CT molecular complexity index is 399. The Balaban J connectivity index is 2.52. The van der Waals surface area contributed by atoms with Crippen LogP contribution >= 0.6 is 11.6 Å². The van der Waals surface area contributed by atoms with Gasteiger partial charge in [0.1, 0.15) is 16.6 Å². The zero-order valence-corrected chi connectivity index (χ0v) is 9.98. The second-order valence-corrected chi connectivity index (χ2v) is 4.66. The molecule has 16 heavy (non-hydrogen) atoms. The van der Waals surface area contributed by atoms with Crippen LogP contribution in [0.15, 0.2) is 12.1 Å². The van der Waals surface area contributed by atoms with E-state index in [2.05, 4.69) is 0 Å². The molecular weight excluding hydrogens is 229 g/mol. The first-order valence-corrected chi connectivity index (χ1v) is 5.75. The lowest BCUT2D eigenvalue weighted by atomic mass is 9.64. The molecule has 0 heterocycles. The third-order valence-corrected chi connectivity index (χ3v) is 3.88. The maximum absolute atomic E-state index is 13.3. The highest BCUT2D eigenvalue weighted by Gasteiger charge is 2.40. The number of nitrogens with two attached hydrogens (primary N) is 1.